The minimum absolute atomic E-state index is 0.0637. The van der Waals surface area contributed by atoms with Crippen LogP contribution in [-0.2, 0) is 11.2 Å². The van der Waals surface area contributed by atoms with Crippen molar-refractivity contribution in [3.05, 3.63) is 34.4 Å². The van der Waals surface area contributed by atoms with E-state index in [0.717, 1.165) is 6.07 Å². The van der Waals surface area contributed by atoms with Gasteiger partial charge in [-0.25, -0.2) is 8.78 Å². The molecule has 0 unspecified atom stereocenters. The van der Waals surface area contributed by atoms with Crippen molar-refractivity contribution in [3.63, 3.8) is 0 Å². The molecule has 1 aromatic carbocycles. The molecule has 13 heavy (non-hydrogen) atoms. The van der Waals surface area contributed by atoms with E-state index in [1.807, 2.05) is 0 Å². The topological polar surface area (TPSA) is 17.1 Å². The number of hydrogen-bond donors (Lipinski definition) is 0. The molecule has 0 fully saturated rings. The van der Waals surface area contributed by atoms with E-state index in [9.17, 15) is 13.6 Å². The normalized spacial score (nSPS) is 10.2. The van der Waals surface area contributed by atoms with Crippen molar-refractivity contribution in [1.29, 1.82) is 0 Å². The number of hydrogen-bond acceptors (Lipinski definition) is 1. The minimum Gasteiger partial charge on any atom is -0.300 e. The van der Waals surface area contributed by atoms with Crippen LogP contribution in [0.3, 0.4) is 0 Å². The molecule has 4 heteroatoms. The average molecular weight is 205 g/mol. The summed E-state index contributed by atoms with van der Waals surface area (Å²) in [6.45, 7) is 1.33. The van der Waals surface area contributed by atoms with Gasteiger partial charge in [-0.1, -0.05) is 11.6 Å². The van der Waals surface area contributed by atoms with Gasteiger partial charge in [0.05, 0.1) is 5.02 Å². The van der Waals surface area contributed by atoms with Crippen molar-refractivity contribution in [2.75, 3.05) is 0 Å². The van der Waals surface area contributed by atoms with E-state index in [4.69, 9.17) is 11.6 Å². The molecule has 0 radical (unpaired) electrons. The quantitative estimate of drug-likeness (QED) is 0.677. The SMILES string of the molecule is CC(=O)Cc1cc(Cl)c(F)cc1F. The Labute approximate surface area is 79.3 Å². The summed E-state index contributed by atoms with van der Waals surface area (Å²) >= 11 is 5.42. The monoisotopic (exact) mass is 204 g/mol. The van der Waals surface area contributed by atoms with Crippen molar-refractivity contribution < 1.29 is 13.6 Å². The van der Waals surface area contributed by atoms with Gasteiger partial charge >= 0.3 is 0 Å². The number of carbonyl (C=O) groups excluding carboxylic acids is 1. The molecule has 0 saturated carbocycles. The molecule has 0 aliphatic carbocycles. The first-order chi connectivity index (χ1) is 6.00. The fraction of sp³-hybridized carbons (Fsp3) is 0.222. The summed E-state index contributed by atoms with van der Waals surface area (Å²) < 4.78 is 25.6. The predicted molar refractivity (Wildman–Crippen MR) is 45.8 cm³/mol. The second kappa shape index (κ2) is 3.83. The number of halogens is 3. The van der Waals surface area contributed by atoms with E-state index in [0.29, 0.717) is 6.07 Å². The highest BCUT2D eigenvalue weighted by atomic mass is 35.5. The van der Waals surface area contributed by atoms with E-state index in [1.165, 1.54) is 6.92 Å². The van der Waals surface area contributed by atoms with Gasteiger partial charge in [-0.15, -0.1) is 0 Å². The molecular weight excluding hydrogens is 198 g/mol. The van der Waals surface area contributed by atoms with Crippen molar-refractivity contribution in [3.8, 4) is 0 Å². The first-order valence-corrected chi connectivity index (χ1v) is 4.01. The smallest absolute Gasteiger partial charge is 0.144 e. The molecule has 0 aromatic heterocycles. The lowest BCUT2D eigenvalue weighted by molar-refractivity contribution is -0.116. The number of carbonyl (C=O) groups is 1. The van der Waals surface area contributed by atoms with Crippen molar-refractivity contribution in [2.45, 2.75) is 13.3 Å². The molecule has 70 valence electrons. The second-order valence-corrected chi connectivity index (χ2v) is 3.14. The van der Waals surface area contributed by atoms with E-state index in [2.05, 4.69) is 0 Å². The summed E-state index contributed by atoms with van der Waals surface area (Å²) in [6.07, 6.45) is -0.0637. The molecule has 1 rings (SSSR count). The van der Waals surface area contributed by atoms with Crippen LogP contribution >= 0.6 is 11.6 Å². The third kappa shape index (κ3) is 2.49. The molecule has 1 nitrogen and oxygen atoms in total. The molecule has 0 bridgehead atoms. The summed E-state index contributed by atoms with van der Waals surface area (Å²) in [6, 6.07) is 1.81. The lowest BCUT2D eigenvalue weighted by atomic mass is 10.1. The van der Waals surface area contributed by atoms with Gasteiger partial charge < -0.3 is 0 Å². The molecule has 0 heterocycles. The molecule has 0 amide bonds. The number of Topliss-reactive ketones (excluding diaryl/α,β-unsaturated/α-hetero) is 1. The standard InChI is InChI=1S/C9H7ClF2O/c1-5(13)2-6-3-7(10)9(12)4-8(6)11/h3-4H,2H2,1H3. The maximum absolute atomic E-state index is 12.9. The summed E-state index contributed by atoms with van der Waals surface area (Å²) in [5.41, 5.74) is 0.124. The predicted octanol–water partition coefficient (Wildman–Crippen LogP) is 2.75. The zero-order valence-corrected chi connectivity index (χ0v) is 7.66. The number of benzene rings is 1. The Balaban J connectivity index is 3.08. The second-order valence-electron chi connectivity index (χ2n) is 2.74. The van der Waals surface area contributed by atoms with E-state index >= 15 is 0 Å². The van der Waals surface area contributed by atoms with Gasteiger partial charge in [-0.05, 0) is 18.6 Å². The number of rotatable bonds is 2. The summed E-state index contributed by atoms with van der Waals surface area (Å²) in [4.78, 5) is 10.7. The average Bonchev–Trinajstić information content (AvgIpc) is 1.99. The zero-order chi connectivity index (χ0) is 10.0. The van der Waals surface area contributed by atoms with Crippen LogP contribution in [0, 0.1) is 11.6 Å². The Bertz CT molecular complexity index is 350. The first kappa shape index (κ1) is 10.1. The van der Waals surface area contributed by atoms with Gasteiger partial charge in [0.15, 0.2) is 0 Å². The van der Waals surface area contributed by atoms with Crippen LogP contribution in [-0.4, -0.2) is 5.78 Å². The molecule has 0 aliphatic heterocycles. The highest BCUT2D eigenvalue weighted by Gasteiger charge is 2.09. The molecule has 0 atom stereocenters. The summed E-state index contributed by atoms with van der Waals surface area (Å²) in [5.74, 6) is -1.75. The Morgan fingerprint density at radius 2 is 2.00 bits per heavy atom. The van der Waals surface area contributed by atoms with Crippen LogP contribution in [0.1, 0.15) is 12.5 Å². The highest BCUT2D eigenvalue weighted by molar-refractivity contribution is 6.30. The van der Waals surface area contributed by atoms with Crippen LogP contribution in [0.25, 0.3) is 0 Å². The highest BCUT2D eigenvalue weighted by Crippen LogP contribution is 2.19. The lowest BCUT2D eigenvalue weighted by Crippen LogP contribution is -2.00. The summed E-state index contributed by atoms with van der Waals surface area (Å²) in [5, 5.41) is -0.169. The van der Waals surface area contributed by atoms with Gasteiger partial charge in [-0.2, -0.15) is 0 Å². The van der Waals surface area contributed by atoms with Gasteiger partial charge in [0.1, 0.15) is 17.4 Å². The molecule has 0 saturated heterocycles. The fourth-order valence-electron chi connectivity index (χ4n) is 0.967. The van der Waals surface area contributed by atoms with Gasteiger partial charge in [-0.3, -0.25) is 4.79 Å². The van der Waals surface area contributed by atoms with Crippen LogP contribution in [0.4, 0.5) is 8.78 Å². The fourth-order valence-corrected chi connectivity index (χ4v) is 1.15. The minimum atomic E-state index is -0.813. The third-order valence-corrected chi connectivity index (χ3v) is 1.82. The van der Waals surface area contributed by atoms with Crippen LogP contribution < -0.4 is 0 Å². The Hall–Kier alpha value is -0.960. The lowest BCUT2D eigenvalue weighted by Gasteiger charge is -2.01. The van der Waals surface area contributed by atoms with Gasteiger partial charge in [0, 0.05) is 12.5 Å². The van der Waals surface area contributed by atoms with E-state index < -0.39 is 11.6 Å². The Kier molecular flexibility index (Phi) is 2.98. The maximum atomic E-state index is 12.9. The molecule has 0 aliphatic rings. The zero-order valence-electron chi connectivity index (χ0n) is 6.90. The maximum Gasteiger partial charge on any atom is 0.144 e. The van der Waals surface area contributed by atoms with Crippen molar-refractivity contribution in [2.24, 2.45) is 0 Å². The van der Waals surface area contributed by atoms with Crippen molar-refractivity contribution >= 4 is 17.4 Å². The largest absolute Gasteiger partial charge is 0.300 e. The molecule has 0 N–H and O–H groups in total. The molecule has 1 aromatic rings. The Morgan fingerprint density at radius 1 is 1.38 bits per heavy atom. The van der Waals surface area contributed by atoms with Crippen molar-refractivity contribution in [1.82, 2.24) is 0 Å². The first-order valence-electron chi connectivity index (χ1n) is 3.63. The Morgan fingerprint density at radius 3 is 2.54 bits per heavy atom. The van der Waals surface area contributed by atoms with Crippen LogP contribution in [0.5, 0.6) is 0 Å². The van der Waals surface area contributed by atoms with Gasteiger partial charge in [0.2, 0.25) is 0 Å². The number of ketones is 1. The third-order valence-electron chi connectivity index (χ3n) is 1.53. The van der Waals surface area contributed by atoms with E-state index in [-0.39, 0.29) is 22.8 Å². The summed E-state index contributed by atoms with van der Waals surface area (Å²) in [7, 11) is 0. The van der Waals surface area contributed by atoms with Crippen LogP contribution in [0.2, 0.25) is 5.02 Å². The molecule has 0 spiro atoms. The van der Waals surface area contributed by atoms with E-state index in [1.54, 1.807) is 0 Å². The van der Waals surface area contributed by atoms with Crippen LogP contribution in [0.15, 0.2) is 12.1 Å². The molecular formula is C9H7ClF2O. The van der Waals surface area contributed by atoms with Gasteiger partial charge in [0.25, 0.3) is 0 Å².